The van der Waals surface area contributed by atoms with Crippen molar-refractivity contribution in [3.8, 4) is 0 Å². The van der Waals surface area contributed by atoms with Crippen molar-refractivity contribution in [3.63, 3.8) is 0 Å². The molecule has 1 aromatic rings. The summed E-state index contributed by atoms with van der Waals surface area (Å²) in [7, 11) is 0. The fraction of sp³-hybridized carbons (Fsp3) is 0.462. The summed E-state index contributed by atoms with van der Waals surface area (Å²) in [6, 6.07) is 3.21. The molecular weight excluding hydrogens is 226 g/mol. The molecule has 1 rings (SSSR count). The second kappa shape index (κ2) is 5.87. The molecule has 0 fully saturated rings. The summed E-state index contributed by atoms with van der Waals surface area (Å²) >= 11 is 0. The molecule has 0 amide bonds. The molecule has 0 aliphatic heterocycles. The van der Waals surface area contributed by atoms with Crippen LogP contribution in [-0.4, -0.2) is 17.0 Å². The van der Waals surface area contributed by atoms with Crippen molar-refractivity contribution in [1.29, 1.82) is 0 Å². The third-order valence-corrected chi connectivity index (χ3v) is 2.97. The lowest BCUT2D eigenvalue weighted by molar-refractivity contribution is 0.0579. The Kier molecular flexibility index (Phi) is 4.75. The van der Waals surface area contributed by atoms with Gasteiger partial charge in [-0.2, -0.15) is 0 Å². The van der Waals surface area contributed by atoms with Gasteiger partial charge in [0.2, 0.25) is 0 Å². The third-order valence-electron chi connectivity index (χ3n) is 2.97. The predicted molar refractivity (Wildman–Crippen MR) is 60.8 cm³/mol. The maximum absolute atomic E-state index is 13.4. The van der Waals surface area contributed by atoms with E-state index in [0.29, 0.717) is 12.8 Å². The standard InChI is InChI=1S/C13H16F2O2/c1-3-8(4-2)12(16)13(17)11-9(14)6-5-7-10(11)15/h5-8,12,16H,3-4H2,1-2H3. The number of hydrogen-bond donors (Lipinski definition) is 1. The highest BCUT2D eigenvalue weighted by molar-refractivity contribution is 5.99. The molecule has 0 aliphatic carbocycles. The summed E-state index contributed by atoms with van der Waals surface area (Å²) in [6.07, 6.45) is -0.185. The quantitative estimate of drug-likeness (QED) is 0.806. The number of hydrogen-bond acceptors (Lipinski definition) is 2. The zero-order valence-corrected chi connectivity index (χ0v) is 9.91. The number of halogens is 2. The van der Waals surface area contributed by atoms with Gasteiger partial charge in [0.25, 0.3) is 0 Å². The lowest BCUT2D eigenvalue weighted by Crippen LogP contribution is -2.30. The number of aliphatic hydroxyl groups excluding tert-OH is 1. The molecule has 17 heavy (non-hydrogen) atoms. The van der Waals surface area contributed by atoms with Crippen molar-refractivity contribution in [2.45, 2.75) is 32.8 Å². The van der Waals surface area contributed by atoms with E-state index in [1.165, 1.54) is 6.07 Å². The smallest absolute Gasteiger partial charge is 0.197 e. The maximum Gasteiger partial charge on any atom is 0.197 e. The van der Waals surface area contributed by atoms with Gasteiger partial charge in [0.05, 0.1) is 5.56 Å². The van der Waals surface area contributed by atoms with Gasteiger partial charge in [-0.1, -0.05) is 32.8 Å². The predicted octanol–water partition coefficient (Wildman–Crippen LogP) is 2.94. The summed E-state index contributed by atoms with van der Waals surface area (Å²) in [5.74, 6) is -3.02. The molecule has 0 radical (unpaired) electrons. The van der Waals surface area contributed by atoms with Crippen LogP contribution in [0.25, 0.3) is 0 Å². The molecule has 94 valence electrons. The van der Waals surface area contributed by atoms with Crippen molar-refractivity contribution in [1.82, 2.24) is 0 Å². The number of rotatable bonds is 5. The Morgan fingerprint density at radius 3 is 2.12 bits per heavy atom. The summed E-state index contributed by atoms with van der Waals surface area (Å²) in [5.41, 5.74) is -0.646. The van der Waals surface area contributed by atoms with Gasteiger partial charge < -0.3 is 5.11 Å². The van der Waals surface area contributed by atoms with Crippen LogP contribution in [0, 0.1) is 17.6 Å². The van der Waals surface area contributed by atoms with Gasteiger partial charge in [-0.3, -0.25) is 4.79 Å². The average Bonchev–Trinajstić information content (AvgIpc) is 2.30. The van der Waals surface area contributed by atoms with Gasteiger partial charge in [-0.25, -0.2) is 8.78 Å². The van der Waals surface area contributed by atoms with E-state index in [0.717, 1.165) is 12.1 Å². The molecule has 0 aliphatic rings. The Hall–Kier alpha value is -1.29. The van der Waals surface area contributed by atoms with E-state index >= 15 is 0 Å². The SMILES string of the molecule is CCC(CC)C(O)C(=O)c1c(F)cccc1F. The van der Waals surface area contributed by atoms with Gasteiger partial charge >= 0.3 is 0 Å². The minimum absolute atomic E-state index is 0.276. The second-order valence-corrected chi connectivity index (χ2v) is 3.98. The van der Waals surface area contributed by atoms with E-state index in [2.05, 4.69) is 0 Å². The van der Waals surface area contributed by atoms with Crippen molar-refractivity contribution >= 4 is 5.78 Å². The van der Waals surface area contributed by atoms with E-state index in [1.54, 1.807) is 0 Å². The molecule has 1 aromatic carbocycles. The van der Waals surface area contributed by atoms with Crippen LogP contribution in [-0.2, 0) is 0 Å². The third kappa shape index (κ3) is 2.88. The molecule has 0 heterocycles. The van der Waals surface area contributed by atoms with E-state index in [9.17, 15) is 18.7 Å². The Morgan fingerprint density at radius 2 is 1.71 bits per heavy atom. The molecule has 0 spiro atoms. The molecule has 1 unspecified atom stereocenters. The van der Waals surface area contributed by atoms with Crippen LogP contribution in [0.3, 0.4) is 0 Å². The summed E-state index contributed by atoms with van der Waals surface area (Å²) < 4.78 is 26.7. The van der Waals surface area contributed by atoms with Gasteiger partial charge in [-0.05, 0) is 18.1 Å². The van der Waals surface area contributed by atoms with E-state index < -0.39 is 29.1 Å². The van der Waals surface area contributed by atoms with Gasteiger partial charge in [-0.15, -0.1) is 0 Å². The highest BCUT2D eigenvalue weighted by Crippen LogP contribution is 2.20. The molecule has 0 aromatic heterocycles. The van der Waals surface area contributed by atoms with Crippen molar-refractivity contribution in [2.24, 2.45) is 5.92 Å². The molecule has 2 nitrogen and oxygen atoms in total. The van der Waals surface area contributed by atoms with Crippen LogP contribution < -0.4 is 0 Å². The summed E-state index contributed by atoms with van der Waals surface area (Å²) in [6.45, 7) is 3.64. The molecular formula is C13H16F2O2. The molecule has 0 saturated heterocycles. The number of benzene rings is 1. The van der Waals surface area contributed by atoms with Crippen LogP contribution in [0.5, 0.6) is 0 Å². The normalized spacial score (nSPS) is 12.8. The van der Waals surface area contributed by atoms with Crippen LogP contribution >= 0.6 is 0 Å². The molecule has 1 N–H and O–H groups in total. The molecule has 0 bridgehead atoms. The number of carbonyl (C=O) groups excluding carboxylic acids is 1. The van der Waals surface area contributed by atoms with Gasteiger partial charge in [0.1, 0.15) is 17.7 Å². The largest absolute Gasteiger partial charge is 0.385 e. The van der Waals surface area contributed by atoms with Crippen molar-refractivity contribution in [2.75, 3.05) is 0 Å². The zero-order valence-electron chi connectivity index (χ0n) is 9.91. The van der Waals surface area contributed by atoms with Crippen LogP contribution in [0.1, 0.15) is 37.0 Å². The lowest BCUT2D eigenvalue weighted by Gasteiger charge is -2.19. The Morgan fingerprint density at radius 1 is 1.24 bits per heavy atom. The first-order chi connectivity index (χ1) is 8.02. The number of aliphatic hydroxyl groups is 1. The molecule has 1 atom stereocenters. The first-order valence-corrected chi connectivity index (χ1v) is 5.69. The number of ketones is 1. The molecule has 4 heteroatoms. The maximum atomic E-state index is 13.4. The Balaban J connectivity index is 3.04. The first-order valence-electron chi connectivity index (χ1n) is 5.69. The minimum atomic E-state index is -1.35. The number of carbonyl (C=O) groups is 1. The summed E-state index contributed by atoms with van der Waals surface area (Å²) in [5, 5.41) is 9.80. The van der Waals surface area contributed by atoms with Gasteiger partial charge in [0, 0.05) is 0 Å². The monoisotopic (exact) mass is 242 g/mol. The first kappa shape index (κ1) is 13.8. The zero-order chi connectivity index (χ0) is 13.0. The second-order valence-electron chi connectivity index (χ2n) is 3.98. The van der Waals surface area contributed by atoms with Crippen LogP contribution in [0.4, 0.5) is 8.78 Å². The van der Waals surface area contributed by atoms with E-state index in [4.69, 9.17) is 0 Å². The Bertz CT molecular complexity index is 380. The van der Waals surface area contributed by atoms with Crippen molar-refractivity contribution < 1.29 is 18.7 Å². The average molecular weight is 242 g/mol. The van der Waals surface area contributed by atoms with Crippen molar-refractivity contribution in [3.05, 3.63) is 35.4 Å². The number of Topliss-reactive ketones (excluding diaryl/α,β-unsaturated/α-hetero) is 1. The molecule has 0 saturated carbocycles. The van der Waals surface area contributed by atoms with E-state index in [1.807, 2.05) is 13.8 Å². The topological polar surface area (TPSA) is 37.3 Å². The highest BCUT2D eigenvalue weighted by Gasteiger charge is 2.28. The lowest BCUT2D eigenvalue weighted by atomic mass is 9.90. The summed E-state index contributed by atoms with van der Waals surface area (Å²) in [4.78, 5) is 11.8. The van der Waals surface area contributed by atoms with E-state index in [-0.39, 0.29) is 5.92 Å². The minimum Gasteiger partial charge on any atom is -0.385 e. The van der Waals surface area contributed by atoms with Gasteiger partial charge in [0.15, 0.2) is 5.78 Å². The Labute approximate surface area is 99.3 Å². The highest BCUT2D eigenvalue weighted by atomic mass is 19.1. The van der Waals surface area contributed by atoms with Crippen LogP contribution in [0.15, 0.2) is 18.2 Å². The fourth-order valence-corrected chi connectivity index (χ4v) is 1.83. The fourth-order valence-electron chi connectivity index (χ4n) is 1.83. The van der Waals surface area contributed by atoms with Crippen LogP contribution in [0.2, 0.25) is 0 Å².